The fourth-order valence-electron chi connectivity index (χ4n) is 2.41. The molecular formula is C13H19ClN2O4S. The van der Waals surface area contributed by atoms with Gasteiger partial charge in [-0.25, -0.2) is 13.2 Å². The Hall–Kier alpha value is -1.31. The van der Waals surface area contributed by atoms with Crippen LogP contribution in [0.5, 0.6) is 0 Å². The minimum atomic E-state index is -3.33. The van der Waals surface area contributed by atoms with Crippen LogP contribution in [0.3, 0.4) is 0 Å². The van der Waals surface area contributed by atoms with E-state index in [-0.39, 0.29) is 29.1 Å². The molecule has 2 rings (SSSR count). The molecule has 1 fully saturated rings. The third kappa shape index (κ3) is 4.09. The van der Waals surface area contributed by atoms with Gasteiger partial charge in [0, 0.05) is 11.7 Å². The Labute approximate surface area is 130 Å². The van der Waals surface area contributed by atoms with Gasteiger partial charge in [0.2, 0.25) is 0 Å². The largest absolute Gasteiger partial charge is 0.465 e. The van der Waals surface area contributed by atoms with Crippen LogP contribution in [0.2, 0.25) is 0 Å². The first kappa shape index (κ1) is 17.7. The molecule has 0 aromatic heterocycles. The predicted molar refractivity (Wildman–Crippen MR) is 83.0 cm³/mol. The Balaban J connectivity index is 0.00000220. The maximum absolute atomic E-state index is 12.1. The van der Waals surface area contributed by atoms with Gasteiger partial charge in [-0.15, -0.1) is 12.4 Å². The molecule has 1 saturated heterocycles. The van der Waals surface area contributed by atoms with Crippen LogP contribution in [0.1, 0.15) is 31.4 Å². The Kier molecular flexibility index (Phi) is 6.00. The number of halogens is 1. The first-order valence-corrected chi connectivity index (χ1v) is 8.19. The van der Waals surface area contributed by atoms with E-state index in [2.05, 4.69) is 10.6 Å². The molecule has 0 bridgehead atoms. The maximum Gasteiger partial charge on any atom is 0.409 e. The van der Waals surface area contributed by atoms with E-state index in [9.17, 15) is 13.2 Å². The normalized spacial score (nSPS) is 18.0. The second kappa shape index (κ2) is 7.11. The van der Waals surface area contributed by atoms with Crippen LogP contribution < -0.4 is 10.6 Å². The highest BCUT2D eigenvalue weighted by Gasteiger charge is 2.25. The summed E-state index contributed by atoms with van der Waals surface area (Å²) in [5.74, 6) is 0.0262. The molecular weight excluding hydrogens is 316 g/mol. The molecule has 8 heteroatoms. The topological polar surface area (TPSA) is 95.5 Å². The van der Waals surface area contributed by atoms with Crippen molar-refractivity contribution in [2.24, 2.45) is 0 Å². The van der Waals surface area contributed by atoms with E-state index in [1.54, 1.807) is 13.0 Å². The van der Waals surface area contributed by atoms with Crippen molar-refractivity contribution >= 4 is 34.0 Å². The van der Waals surface area contributed by atoms with Crippen molar-refractivity contribution in [1.29, 1.82) is 0 Å². The van der Waals surface area contributed by atoms with Gasteiger partial charge >= 0.3 is 6.09 Å². The number of sulfone groups is 1. The van der Waals surface area contributed by atoms with Crippen molar-refractivity contribution in [3.8, 4) is 0 Å². The van der Waals surface area contributed by atoms with E-state index in [0.29, 0.717) is 11.3 Å². The van der Waals surface area contributed by atoms with Gasteiger partial charge in [0.15, 0.2) is 9.84 Å². The van der Waals surface area contributed by atoms with Gasteiger partial charge in [0.1, 0.15) is 0 Å². The van der Waals surface area contributed by atoms with Gasteiger partial charge < -0.3 is 10.4 Å². The first-order valence-electron chi connectivity index (χ1n) is 6.54. The number of carbonyl (C=O) groups is 1. The van der Waals surface area contributed by atoms with Crippen LogP contribution in [0.25, 0.3) is 0 Å². The number of benzene rings is 1. The molecule has 1 atom stereocenters. The summed E-state index contributed by atoms with van der Waals surface area (Å²) in [6.45, 7) is 2.44. The molecule has 1 aromatic rings. The zero-order valence-corrected chi connectivity index (χ0v) is 13.3. The van der Waals surface area contributed by atoms with Crippen LogP contribution in [0, 0.1) is 0 Å². The van der Waals surface area contributed by atoms with Gasteiger partial charge in [-0.2, -0.15) is 0 Å². The smallest absolute Gasteiger partial charge is 0.409 e. The molecule has 1 unspecified atom stereocenters. The van der Waals surface area contributed by atoms with Crippen molar-refractivity contribution < 1.29 is 18.3 Å². The van der Waals surface area contributed by atoms with Crippen LogP contribution >= 0.6 is 12.4 Å². The van der Waals surface area contributed by atoms with Crippen molar-refractivity contribution in [3.63, 3.8) is 0 Å². The third-order valence-electron chi connectivity index (χ3n) is 3.41. The van der Waals surface area contributed by atoms with Crippen LogP contribution in [-0.2, 0) is 9.84 Å². The lowest BCUT2D eigenvalue weighted by Gasteiger charge is -2.17. The summed E-state index contributed by atoms with van der Waals surface area (Å²) in [7, 11) is -3.33. The summed E-state index contributed by atoms with van der Waals surface area (Å²) in [6, 6.07) is 4.54. The number of hydrogen-bond donors (Lipinski definition) is 3. The molecule has 0 radical (unpaired) electrons. The molecule has 1 aliphatic heterocycles. The number of nitrogens with one attached hydrogen (secondary N) is 2. The zero-order chi connectivity index (χ0) is 14.8. The van der Waals surface area contributed by atoms with E-state index in [0.717, 1.165) is 19.4 Å². The minimum absolute atomic E-state index is 0. The maximum atomic E-state index is 12.1. The first-order chi connectivity index (χ1) is 9.44. The van der Waals surface area contributed by atoms with Gasteiger partial charge in [0.25, 0.3) is 0 Å². The highest BCUT2D eigenvalue weighted by atomic mass is 35.5. The number of hydrogen-bond acceptors (Lipinski definition) is 4. The predicted octanol–water partition coefficient (Wildman–Crippen LogP) is 2.42. The van der Waals surface area contributed by atoms with E-state index >= 15 is 0 Å². The summed E-state index contributed by atoms with van der Waals surface area (Å²) >= 11 is 0. The van der Waals surface area contributed by atoms with E-state index < -0.39 is 15.9 Å². The summed E-state index contributed by atoms with van der Waals surface area (Å²) in [5, 5.41) is 14.3. The summed E-state index contributed by atoms with van der Waals surface area (Å²) in [5.41, 5.74) is 1.03. The van der Waals surface area contributed by atoms with E-state index in [4.69, 9.17) is 5.11 Å². The summed E-state index contributed by atoms with van der Waals surface area (Å²) in [4.78, 5) is 11.0. The fraction of sp³-hybridized carbons (Fsp3) is 0.462. The Morgan fingerprint density at radius 1 is 1.48 bits per heavy atom. The number of rotatable bonds is 4. The number of carboxylic acid groups (broad SMARTS) is 1. The van der Waals surface area contributed by atoms with Crippen molar-refractivity contribution in [2.45, 2.75) is 30.7 Å². The lowest BCUT2D eigenvalue weighted by Crippen LogP contribution is -2.18. The molecule has 1 amide bonds. The fourth-order valence-corrected chi connectivity index (χ4v) is 3.56. The standard InChI is InChI=1S/C13H18N2O4S.ClH/c1-2-20(18,19)12-6-5-9(15-13(16)17)8-10(12)11-4-3-7-14-11;/h5-6,8,11,14-15H,2-4,7H2,1H3,(H,16,17);1H. The van der Waals surface area contributed by atoms with E-state index in [1.165, 1.54) is 12.1 Å². The van der Waals surface area contributed by atoms with Crippen molar-refractivity contribution in [3.05, 3.63) is 23.8 Å². The second-order valence-electron chi connectivity index (χ2n) is 4.74. The Morgan fingerprint density at radius 2 is 2.19 bits per heavy atom. The lowest BCUT2D eigenvalue weighted by atomic mass is 10.0. The van der Waals surface area contributed by atoms with Gasteiger partial charge in [-0.1, -0.05) is 6.92 Å². The third-order valence-corrected chi connectivity index (χ3v) is 5.21. The molecule has 21 heavy (non-hydrogen) atoms. The lowest BCUT2D eigenvalue weighted by molar-refractivity contribution is 0.209. The quantitative estimate of drug-likeness (QED) is 0.786. The Bertz CT molecular complexity index is 613. The van der Waals surface area contributed by atoms with Gasteiger partial charge in [-0.05, 0) is 43.1 Å². The molecule has 1 aromatic carbocycles. The number of anilines is 1. The number of amides is 1. The van der Waals surface area contributed by atoms with Crippen molar-refractivity contribution in [1.82, 2.24) is 5.32 Å². The molecule has 3 N–H and O–H groups in total. The second-order valence-corrected chi connectivity index (χ2v) is 6.98. The highest BCUT2D eigenvalue weighted by molar-refractivity contribution is 7.91. The van der Waals surface area contributed by atoms with Crippen LogP contribution in [-0.4, -0.2) is 31.9 Å². The molecule has 1 aliphatic rings. The van der Waals surface area contributed by atoms with E-state index in [1.807, 2.05) is 0 Å². The summed E-state index contributed by atoms with van der Waals surface area (Å²) in [6.07, 6.45) is 0.664. The highest BCUT2D eigenvalue weighted by Crippen LogP contribution is 2.31. The molecule has 0 aliphatic carbocycles. The van der Waals surface area contributed by atoms with Crippen molar-refractivity contribution in [2.75, 3.05) is 17.6 Å². The van der Waals surface area contributed by atoms with Gasteiger partial charge in [0.05, 0.1) is 10.6 Å². The van der Waals surface area contributed by atoms with Crippen LogP contribution in [0.15, 0.2) is 23.1 Å². The van der Waals surface area contributed by atoms with Gasteiger partial charge in [-0.3, -0.25) is 5.32 Å². The van der Waals surface area contributed by atoms with Crippen LogP contribution in [0.4, 0.5) is 10.5 Å². The SMILES string of the molecule is CCS(=O)(=O)c1ccc(NC(=O)O)cc1C1CCCN1.Cl. The summed E-state index contributed by atoms with van der Waals surface area (Å²) < 4.78 is 24.3. The zero-order valence-electron chi connectivity index (χ0n) is 11.6. The molecule has 118 valence electrons. The minimum Gasteiger partial charge on any atom is -0.465 e. The molecule has 0 saturated carbocycles. The molecule has 6 nitrogen and oxygen atoms in total. The monoisotopic (exact) mass is 334 g/mol. The molecule has 0 spiro atoms. The average Bonchev–Trinajstić information content (AvgIpc) is 2.91. The average molecular weight is 335 g/mol. The molecule has 1 heterocycles. The Morgan fingerprint density at radius 3 is 2.71 bits per heavy atom.